The van der Waals surface area contributed by atoms with E-state index in [1.807, 2.05) is 0 Å². The number of carbonyl (C=O) groups excluding carboxylic acids is 1. The van der Waals surface area contributed by atoms with E-state index in [9.17, 15) is 14.9 Å². The second kappa shape index (κ2) is 7.52. The Morgan fingerprint density at radius 3 is 2.96 bits per heavy atom. The minimum atomic E-state index is -0.396. The fourth-order valence-electron chi connectivity index (χ4n) is 4.21. The van der Waals surface area contributed by atoms with Gasteiger partial charge in [0.2, 0.25) is 5.91 Å². The Hall–Kier alpha value is -1.67. The number of piperidine rings is 1. The maximum atomic E-state index is 12.8. The first-order chi connectivity index (χ1) is 12.6. The summed E-state index contributed by atoms with van der Waals surface area (Å²) in [5, 5.41) is 10.9. The van der Waals surface area contributed by atoms with Crippen LogP contribution in [0.1, 0.15) is 38.5 Å². The molecule has 8 heteroatoms. The number of thioether (sulfide) groups is 1. The van der Waals surface area contributed by atoms with Gasteiger partial charge in [0.1, 0.15) is 0 Å². The zero-order chi connectivity index (χ0) is 18.1. The molecular formula is C18H21N3O3S2. The molecule has 1 saturated heterocycles. The molecule has 2 aromatic rings. The van der Waals surface area contributed by atoms with Crippen LogP contribution in [0.3, 0.4) is 0 Å². The van der Waals surface area contributed by atoms with E-state index in [1.54, 1.807) is 12.1 Å². The summed E-state index contributed by atoms with van der Waals surface area (Å²) >= 11 is 2.86. The number of hydrogen-bond donors (Lipinski definition) is 0. The summed E-state index contributed by atoms with van der Waals surface area (Å²) in [7, 11) is 0. The number of aromatic nitrogens is 1. The van der Waals surface area contributed by atoms with Gasteiger partial charge in [-0.3, -0.25) is 14.9 Å². The second-order valence-electron chi connectivity index (χ2n) is 7.02. The van der Waals surface area contributed by atoms with Crippen molar-refractivity contribution in [2.75, 3.05) is 12.3 Å². The number of likely N-dealkylation sites (tertiary alicyclic amines) is 1. The zero-order valence-electron chi connectivity index (χ0n) is 14.4. The third kappa shape index (κ3) is 3.57. The lowest BCUT2D eigenvalue weighted by Crippen LogP contribution is -2.50. The third-order valence-electron chi connectivity index (χ3n) is 5.45. The molecule has 2 atom stereocenters. The molecule has 1 aliphatic heterocycles. The van der Waals surface area contributed by atoms with Crippen molar-refractivity contribution < 1.29 is 9.72 Å². The average Bonchev–Trinajstić information content (AvgIpc) is 3.07. The van der Waals surface area contributed by atoms with Crippen LogP contribution in [0.25, 0.3) is 10.2 Å². The molecule has 4 rings (SSSR count). The molecule has 138 valence electrons. The van der Waals surface area contributed by atoms with Crippen LogP contribution in [0.15, 0.2) is 22.5 Å². The molecule has 1 aliphatic carbocycles. The van der Waals surface area contributed by atoms with Crippen molar-refractivity contribution >= 4 is 44.9 Å². The standard InChI is InChI=1S/C18H21N3O3S2/c22-17(20-9-3-5-12-4-1-2-6-15(12)20)11-25-18-19-14-8-7-13(21(23)24)10-16(14)26-18/h7-8,10,12,15H,1-6,9,11H2/t12-,15-/m1/s1. The second-order valence-corrected chi connectivity index (χ2v) is 9.27. The fourth-order valence-corrected chi connectivity index (χ4v) is 6.20. The maximum Gasteiger partial charge on any atom is 0.270 e. The van der Waals surface area contributed by atoms with Crippen molar-refractivity contribution in [3.8, 4) is 0 Å². The van der Waals surface area contributed by atoms with Crippen LogP contribution >= 0.6 is 23.1 Å². The number of non-ortho nitro benzene ring substituents is 1. The molecule has 2 fully saturated rings. The molecule has 6 nitrogen and oxygen atoms in total. The summed E-state index contributed by atoms with van der Waals surface area (Å²) < 4.78 is 1.59. The van der Waals surface area contributed by atoms with E-state index < -0.39 is 4.92 Å². The van der Waals surface area contributed by atoms with E-state index in [0.717, 1.165) is 33.9 Å². The zero-order valence-corrected chi connectivity index (χ0v) is 16.1. The van der Waals surface area contributed by atoms with Gasteiger partial charge in [0, 0.05) is 24.7 Å². The highest BCUT2D eigenvalue weighted by Gasteiger charge is 2.35. The highest BCUT2D eigenvalue weighted by atomic mass is 32.2. The lowest BCUT2D eigenvalue weighted by atomic mass is 9.78. The van der Waals surface area contributed by atoms with Crippen LogP contribution in [-0.4, -0.2) is 39.1 Å². The molecule has 0 N–H and O–H groups in total. The fraction of sp³-hybridized carbons (Fsp3) is 0.556. The summed E-state index contributed by atoms with van der Waals surface area (Å²) in [5.41, 5.74) is 0.825. The summed E-state index contributed by atoms with van der Waals surface area (Å²) in [5.74, 6) is 1.29. The first-order valence-corrected chi connectivity index (χ1v) is 10.9. The third-order valence-corrected chi connectivity index (χ3v) is 7.59. The molecule has 2 heterocycles. The number of rotatable bonds is 4. The Bertz CT molecular complexity index is 836. The summed E-state index contributed by atoms with van der Waals surface area (Å²) in [6, 6.07) is 5.13. The molecule has 0 unspecified atom stereocenters. The van der Waals surface area contributed by atoms with E-state index >= 15 is 0 Å². The van der Waals surface area contributed by atoms with Crippen molar-refractivity contribution in [2.24, 2.45) is 5.92 Å². The SMILES string of the molecule is O=C(CSc1nc2ccc([N+](=O)[O-])cc2s1)N1CCC[C@H]2CCCC[C@H]21. The molecule has 26 heavy (non-hydrogen) atoms. The number of fused-ring (bicyclic) bond motifs is 2. The van der Waals surface area contributed by atoms with Gasteiger partial charge in [-0.25, -0.2) is 4.98 Å². The number of benzene rings is 1. The van der Waals surface area contributed by atoms with Gasteiger partial charge in [0.05, 0.1) is 20.9 Å². The highest BCUT2D eigenvalue weighted by molar-refractivity contribution is 8.01. The van der Waals surface area contributed by atoms with Crippen molar-refractivity contribution in [2.45, 2.75) is 48.9 Å². The molecule has 0 bridgehead atoms. The lowest BCUT2D eigenvalue weighted by Gasteiger charge is -2.44. The average molecular weight is 392 g/mol. The van der Waals surface area contributed by atoms with E-state index in [0.29, 0.717) is 17.7 Å². The van der Waals surface area contributed by atoms with Crippen molar-refractivity contribution in [1.29, 1.82) is 0 Å². The number of nitro groups is 1. The Balaban J connectivity index is 1.42. The Kier molecular flexibility index (Phi) is 5.13. The van der Waals surface area contributed by atoms with Crippen LogP contribution in [0.4, 0.5) is 5.69 Å². The Labute approximate surface area is 160 Å². The number of amides is 1. The lowest BCUT2D eigenvalue weighted by molar-refractivity contribution is -0.384. The molecule has 1 aromatic heterocycles. The van der Waals surface area contributed by atoms with Gasteiger partial charge in [-0.2, -0.15) is 0 Å². The molecule has 1 saturated carbocycles. The number of carbonyl (C=O) groups is 1. The number of nitrogens with zero attached hydrogens (tertiary/aromatic N) is 3. The molecule has 2 aliphatic rings. The highest BCUT2D eigenvalue weighted by Crippen LogP contribution is 2.36. The molecule has 0 radical (unpaired) electrons. The predicted molar refractivity (Wildman–Crippen MR) is 104 cm³/mol. The van der Waals surface area contributed by atoms with E-state index in [2.05, 4.69) is 9.88 Å². The van der Waals surface area contributed by atoms with Gasteiger partial charge in [-0.05, 0) is 37.7 Å². The molecule has 1 aromatic carbocycles. The van der Waals surface area contributed by atoms with Crippen molar-refractivity contribution in [3.63, 3.8) is 0 Å². The quantitative estimate of drug-likeness (QED) is 0.436. The van der Waals surface area contributed by atoms with E-state index in [4.69, 9.17) is 0 Å². The van der Waals surface area contributed by atoms with Gasteiger partial charge in [-0.1, -0.05) is 24.6 Å². The Morgan fingerprint density at radius 1 is 1.31 bits per heavy atom. The monoisotopic (exact) mass is 391 g/mol. The summed E-state index contributed by atoms with van der Waals surface area (Å²) in [6.45, 7) is 0.882. The topological polar surface area (TPSA) is 76.3 Å². The van der Waals surface area contributed by atoms with Crippen LogP contribution in [0.2, 0.25) is 0 Å². The largest absolute Gasteiger partial charge is 0.339 e. The predicted octanol–water partition coefficient (Wildman–Crippen LogP) is 4.48. The first kappa shape index (κ1) is 17.7. The summed E-state index contributed by atoms with van der Waals surface area (Å²) in [6.07, 6.45) is 7.31. The van der Waals surface area contributed by atoms with E-state index in [-0.39, 0.29) is 11.6 Å². The van der Waals surface area contributed by atoms with Crippen molar-refractivity contribution in [3.05, 3.63) is 28.3 Å². The van der Waals surface area contributed by atoms with Crippen LogP contribution < -0.4 is 0 Å². The normalized spacial score (nSPS) is 23.0. The number of hydrogen-bond acceptors (Lipinski definition) is 6. The van der Waals surface area contributed by atoms with Gasteiger partial charge < -0.3 is 4.90 Å². The van der Waals surface area contributed by atoms with Crippen LogP contribution in [0, 0.1) is 16.0 Å². The van der Waals surface area contributed by atoms with Gasteiger partial charge in [0.25, 0.3) is 5.69 Å². The maximum absolute atomic E-state index is 12.8. The first-order valence-electron chi connectivity index (χ1n) is 9.09. The number of nitro benzene ring substituents is 1. The van der Waals surface area contributed by atoms with Crippen molar-refractivity contribution in [1.82, 2.24) is 9.88 Å². The molecule has 0 spiro atoms. The van der Waals surface area contributed by atoms with Crippen LogP contribution in [-0.2, 0) is 4.79 Å². The van der Waals surface area contributed by atoms with Crippen LogP contribution in [0.5, 0.6) is 0 Å². The van der Waals surface area contributed by atoms with E-state index in [1.165, 1.54) is 54.8 Å². The van der Waals surface area contributed by atoms with Gasteiger partial charge in [-0.15, -0.1) is 11.3 Å². The van der Waals surface area contributed by atoms with Gasteiger partial charge >= 0.3 is 0 Å². The molecule has 1 amide bonds. The number of thiazole rings is 1. The minimum Gasteiger partial charge on any atom is -0.339 e. The minimum absolute atomic E-state index is 0.0745. The summed E-state index contributed by atoms with van der Waals surface area (Å²) in [4.78, 5) is 29.9. The van der Waals surface area contributed by atoms with Gasteiger partial charge in [0.15, 0.2) is 4.34 Å². The smallest absolute Gasteiger partial charge is 0.270 e. The Morgan fingerprint density at radius 2 is 2.12 bits per heavy atom. The molecular weight excluding hydrogens is 370 g/mol.